The Hall–Kier alpha value is -2.65. The molecular weight excluding hydrogens is 364 g/mol. The molecule has 0 radical (unpaired) electrons. The van der Waals surface area contributed by atoms with E-state index in [1.165, 1.54) is 24.2 Å². The SMILES string of the molecule is CCOc1cnc(C(=O)Nc2cccc(CN=C(N)SCCCN)c2)cn1. The molecule has 27 heavy (non-hydrogen) atoms. The van der Waals surface area contributed by atoms with Crippen LogP contribution in [0, 0.1) is 0 Å². The molecule has 0 fully saturated rings. The third kappa shape index (κ3) is 7.24. The van der Waals surface area contributed by atoms with Gasteiger partial charge in [-0.05, 0) is 37.6 Å². The molecule has 1 aromatic heterocycles. The van der Waals surface area contributed by atoms with E-state index in [4.69, 9.17) is 16.2 Å². The van der Waals surface area contributed by atoms with Gasteiger partial charge in [0.25, 0.3) is 5.91 Å². The van der Waals surface area contributed by atoms with Gasteiger partial charge in [0.05, 0.1) is 25.5 Å². The first-order valence-corrected chi connectivity index (χ1v) is 9.59. The average Bonchev–Trinajstić information content (AvgIpc) is 2.68. The molecule has 1 aromatic carbocycles. The summed E-state index contributed by atoms with van der Waals surface area (Å²) in [6, 6.07) is 7.42. The Morgan fingerprint density at radius 1 is 1.33 bits per heavy atom. The topological polar surface area (TPSA) is 129 Å². The van der Waals surface area contributed by atoms with Crippen molar-refractivity contribution in [1.82, 2.24) is 9.97 Å². The van der Waals surface area contributed by atoms with Gasteiger partial charge in [-0.25, -0.2) is 9.97 Å². The fourth-order valence-electron chi connectivity index (χ4n) is 2.07. The van der Waals surface area contributed by atoms with Crippen LogP contribution in [0.15, 0.2) is 41.7 Å². The van der Waals surface area contributed by atoms with Gasteiger partial charge in [0, 0.05) is 11.4 Å². The largest absolute Gasteiger partial charge is 0.477 e. The number of ether oxygens (including phenoxy) is 1. The lowest BCUT2D eigenvalue weighted by atomic mass is 10.2. The first kappa shape index (κ1) is 20.7. The van der Waals surface area contributed by atoms with E-state index < -0.39 is 0 Å². The number of carbonyl (C=O) groups is 1. The van der Waals surface area contributed by atoms with Crippen molar-refractivity contribution in [3.05, 3.63) is 47.9 Å². The van der Waals surface area contributed by atoms with Crippen molar-refractivity contribution in [1.29, 1.82) is 0 Å². The number of amidine groups is 1. The highest BCUT2D eigenvalue weighted by atomic mass is 32.2. The van der Waals surface area contributed by atoms with Gasteiger partial charge in [-0.3, -0.25) is 9.79 Å². The molecule has 0 aliphatic heterocycles. The Morgan fingerprint density at radius 3 is 2.89 bits per heavy atom. The molecule has 1 heterocycles. The summed E-state index contributed by atoms with van der Waals surface area (Å²) in [5, 5.41) is 3.33. The van der Waals surface area contributed by atoms with Gasteiger partial charge in [0.15, 0.2) is 5.17 Å². The smallest absolute Gasteiger partial charge is 0.275 e. The second-order valence-corrected chi connectivity index (χ2v) is 6.59. The molecule has 0 saturated heterocycles. The molecule has 0 aliphatic rings. The van der Waals surface area contributed by atoms with Crippen LogP contribution in [0.4, 0.5) is 5.69 Å². The van der Waals surface area contributed by atoms with Crippen LogP contribution in [0.25, 0.3) is 0 Å². The summed E-state index contributed by atoms with van der Waals surface area (Å²) < 4.78 is 5.22. The summed E-state index contributed by atoms with van der Waals surface area (Å²) in [4.78, 5) is 24.7. The van der Waals surface area contributed by atoms with Crippen LogP contribution >= 0.6 is 11.8 Å². The molecule has 0 aliphatic carbocycles. The lowest BCUT2D eigenvalue weighted by Crippen LogP contribution is -2.14. The van der Waals surface area contributed by atoms with Crippen molar-refractivity contribution >= 4 is 28.5 Å². The third-order valence-electron chi connectivity index (χ3n) is 3.35. The quantitative estimate of drug-likeness (QED) is 0.340. The van der Waals surface area contributed by atoms with Gasteiger partial charge < -0.3 is 21.5 Å². The molecule has 2 rings (SSSR count). The Kier molecular flexibility index (Phi) is 8.53. The van der Waals surface area contributed by atoms with E-state index in [1.807, 2.05) is 25.1 Å². The minimum atomic E-state index is -0.344. The van der Waals surface area contributed by atoms with E-state index in [0.717, 1.165) is 17.7 Å². The van der Waals surface area contributed by atoms with E-state index >= 15 is 0 Å². The van der Waals surface area contributed by atoms with Crippen molar-refractivity contribution in [2.45, 2.75) is 19.9 Å². The van der Waals surface area contributed by atoms with Gasteiger partial charge in [-0.2, -0.15) is 0 Å². The van der Waals surface area contributed by atoms with Crippen LogP contribution < -0.4 is 21.5 Å². The fraction of sp³-hybridized carbons (Fsp3) is 0.333. The Balaban J connectivity index is 1.94. The summed E-state index contributed by atoms with van der Waals surface area (Å²) in [6.07, 6.45) is 3.71. The zero-order valence-corrected chi connectivity index (χ0v) is 16.0. The number of thioether (sulfide) groups is 1. The first-order valence-electron chi connectivity index (χ1n) is 8.60. The number of amides is 1. The molecule has 0 spiro atoms. The number of anilines is 1. The lowest BCUT2D eigenvalue weighted by molar-refractivity contribution is 0.102. The molecule has 2 aromatic rings. The Morgan fingerprint density at radius 2 is 2.19 bits per heavy atom. The zero-order valence-electron chi connectivity index (χ0n) is 15.2. The van der Waals surface area contributed by atoms with Crippen molar-refractivity contribution in [3.63, 3.8) is 0 Å². The molecule has 1 amide bonds. The van der Waals surface area contributed by atoms with E-state index in [1.54, 1.807) is 6.07 Å². The molecule has 9 heteroatoms. The van der Waals surface area contributed by atoms with Crippen molar-refractivity contribution in [2.24, 2.45) is 16.5 Å². The highest BCUT2D eigenvalue weighted by Crippen LogP contribution is 2.14. The lowest BCUT2D eigenvalue weighted by Gasteiger charge is -2.07. The van der Waals surface area contributed by atoms with Gasteiger partial charge in [0.2, 0.25) is 5.88 Å². The van der Waals surface area contributed by atoms with Crippen molar-refractivity contribution < 1.29 is 9.53 Å². The second-order valence-electron chi connectivity index (χ2n) is 5.47. The van der Waals surface area contributed by atoms with Gasteiger partial charge in [-0.15, -0.1) is 0 Å². The van der Waals surface area contributed by atoms with E-state index in [9.17, 15) is 4.79 Å². The maximum atomic E-state index is 12.3. The summed E-state index contributed by atoms with van der Waals surface area (Å²) >= 11 is 1.49. The molecule has 8 nitrogen and oxygen atoms in total. The highest BCUT2D eigenvalue weighted by Gasteiger charge is 2.09. The number of nitrogens with two attached hydrogens (primary N) is 2. The monoisotopic (exact) mass is 388 g/mol. The summed E-state index contributed by atoms with van der Waals surface area (Å²) in [5.41, 5.74) is 13.1. The number of hydrogen-bond acceptors (Lipinski definition) is 7. The Bertz CT molecular complexity index is 767. The average molecular weight is 388 g/mol. The number of benzene rings is 1. The number of aliphatic imine (C=N–C) groups is 1. The number of carbonyl (C=O) groups excluding carboxylic acids is 1. The molecule has 0 bridgehead atoms. The minimum Gasteiger partial charge on any atom is -0.477 e. The van der Waals surface area contributed by atoms with Crippen LogP contribution in [0.3, 0.4) is 0 Å². The fourth-order valence-corrected chi connectivity index (χ4v) is 2.75. The molecule has 5 N–H and O–H groups in total. The van der Waals surface area contributed by atoms with E-state index in [2.05, 4.69) is 20.3 Å². The number of hydrogen-bond donors (Lipinski definition) is 3. The van der Waals surface area contributed by atoms with Crippen LogP contribution in [-0.2, 0) is 6.54 Å². The van der Waals surface area contributed by atoms with E-state index in [0.29, 0.717) is 36.4 Å². The summed E-state index contributed by atoms with van der Waals surface area (Å²) in [7, 11) is 0. The minimum absolute atomic E-state index is 0.211. The van der Waals surface area contributed by atoms with Gasteiger partial charge in [-0.1, -0.05) is 23.9 Å². The van der Waals surface area contributed by atoms with Crippen LogP contribution in [-0.4, -0.2) is 39.9 Å². The van der Waals surface area contributed by atoms with Crippen molar-refractivity contribution in [3.8, 4) is 5.88 Å². The van der Waals surface area contributed by atoms with Gasteiger partial charge in [0.1, 0.15) is 5.69 Å². The zero-order chi connectivity index (χ0) is 19.5. The number of aromatic nitrogens is 2. The summed E-state index contributed by atoms with van der Waals surface area (Å²) in [5.74, 6) is 0.893. The normalized spacial score (nSPS) is 11.3. The predicted octanol–water partition coefficient (Wildman–Crippen LogP) is 2.02. The highest BCUT2D eigenvalue weighted by molar-refractivity contribution is 8.13. The van der Waals surface area contributed by atoms with Crippen LogP contribution in [0.5, 0.6) is 5.88 Å². The van der Waals surface area contributed by atoms with E-state index in [-0.39, 0.29) is 11.6 Å². The van der Waals surface area contributed by atoms with Crippen LogP contribution in [0.2, 0.25) is 0 Å². The predicted molar refractivity (Wildman–Crippen MR) is 109 cm³/mol. The van der Waals surface area contributed by atoms with Gasteiger partial charge >= 0.3 is 0 Å². The third-order valence-corrected chi connectivity index (χ3v) is 4.27. The first-order chi connectivity index (χ1) is 13.1. The molecule has 0 atom stereocenters. The van der Waals surface area contributed by atoms with Crippen molar-refractivity contribution in [2.75, 3.05) is 24.2 Å². The number of rotatable bonds is 9. The molecular formula is C18H24N6O2S. The Labute approximate surface area is 162 Å². The molecule has 144 valence electrons. The van der Waals surface area contributed by atoms with Crippen LogP contribution in [0.1, 0.15) is 29.4 Å². The number of nitrogens with one attached hydrogen (secondary N) is 1. The molecule has 0 saturated carbocycles. The maximum absolute atomic E-state index is 12.3. The summed E-state index contributed by atoms with van der Waals surface area (Å²) in [6.45, 7) is 3.42. The second kappa shape index (κ2) is 11.1. The maximum Gasteiger partial charge on any atom is 0.275 e. The molecule has 0 unspecified atom stereocenters. The number of nitrogens with zero attached hydrogens (tertiary/aromatic N) is 3. The standard InChI is InChI=1S/C18H24N6O2S/c1-2-26-16-12-21-15(11-22-16)17(25)24-14-6-3-5-13(9-14)10-23-18(20)27-8-4-7-19/h3,5-6,9,11-12H,2,4,7-8,10,19H2,1H3,(H2,20,23)(H,24,25).